The standard InChI is InChI=1S/C8H12N2O2/c1-5(2)3-6-7(8(11)12)10-4-9-6/h4-5H,3H2,1-2H3,(H,9,10)(H,11,12). The summed E-state index contributed by atoms with van der Waals surface area (Å²) in [6.45, 7) is 4.07. The molecule has 66 valence electrons. The summed E-state index contributed by atoms with van der Waals surface area (Å²) in [5.41, 5.74) is 0.848. The molecular weight excluding hydrogens is 156 g/mol. The lowest BCUT2D eigenvalue weighted by molar-refractivity contribution is 0.0689. The van der Waals surface area contributed by atoms with Crippen molar-refractivity contribution in [3.63, 3.8) is 0 Å². The molecule has 0 bridgehead atoms. The molecular formula is C8H12N2O2. The normalized spacial score (nSPS) is 10.6. The minimum Gasteiger partial charge on any atom is -0.476 e. The molecule has 0 radical (unpaired) electrons. The van der Waals surface area contributed by atoms with Gasteiger partial charge < -0.3 is 10.1 Å². The number of carboxylic acid groups (broad SMARTS) is 1. The number of imidazole rings is 1. The Morgan fingerprint density at radius 2 is 2.42 bits per heavy atom. The van der Waals surface area contributed by atoms with Gasteiger partial charge in [-0.25, -0.2) is 9.78 Å². The molecule has 0 unspecified atom stereocenters. The second-order valence-corrected chi connectivity index (χ2v) is 3.13. The molecule has 0 spiro atoms. The maximum atomic E-state index is 10.6. The van der Waals surface area contributed by atoms with E-state index in [0.29, 0.717) is 11.6 Å². The fraction of sp³-hybridized carbons (Fsp3) is 0.500. The van der Waals surface area contributed by atoms with Gasteiger partial charge in [-0.3, -0.25) is 0 Å². The molecule has 1 heterocycles. The second-order valence-electron chi connectivity index (χ2n) is 3.13. The van der Waals surface area contributed by atoms with Crippen molar-refractivity contribution in [1.29, 1.82) is 0 Å². The first-order chi connectivity index (χ1) is 5.61. The number of hydrogen-bond donors (Lipinski definition) is 2. The number of nitrogens with one attached hydrogen (secondary N) is 1. The Hall–Kier alpha value is -1.32. The van der Waals surface area contributed by atoms with Crippen molar-refractivity contribution in [2.45, 2.75) is 20.3 Å². The smallest absolute Gasteiger partial charge is 0.356 e. The largest absolute Gasteiger partial charge is 0.476 e. The zero-order valence-electron chi connectivity index (χ0n) is 7.16. The van der Waals surface area contributed by atoms with Crippen LogP contribution in [0.25, 0.3) is 0 Å². The number of aromatic amines is 1. The molecule has 1 aromatic rings. The van der Waals surface area contributed by atoms with E-state index in [-0.39, 0.29) is 5.69 Å². The molecule has 4 heteroatoms. The predicted molar refractivity (Wildman–Crippen MR) is 44.1 cm³/mol. The first-order valence-corrected chi connectivity index (χ1v) is 3.86. The molecule has 0 saturated carbocycles. The molecule has 0 aliphatic heterocycles. The maximum Gasteiger partial charge on any atom is 0.356 e. The van der Waals surface area contributed by atoms with Gasteiger partial charge in [0, 0.05) is 5.69 Å². The van der Waals surface area contributed by atoms with E-state index in [4.69, 9.17) is 5.11 Å². The monoisotopic (exact) mass is 168 g/mol. The van der Waals surface area contributed by atoms with Crippen LogP contribution in [0.5, 0.6) is 0 Å². The summed E-state index contributed by atoms with van der Waals surface area (Å²) in [6, 6.07) is 0. The van der Waals surface area contributed by atoms with E-state index in [9.17, 15) is 4.79 Å². The molecule has 0 aliphatic carbocycles. The summed E-state index contributed by atoms with van der Waals surface area (Å²) in [5, 5.41) is 8.68. The third kappa shape index (κ3) is 1.84. The minimum atomic E-state index is -0.966. The fourth-order valence-electron chi connectivity index (χ4n) is 1.07. The molecule has 0 fully saturated rings. The van der Waals surface area contributed by atoms with Crippen molar-refractivity contribution in [2.75, 3.05) is 0 Å². The van der Waals surface area contributed by atoms with Crippen LogP contribution in [0, 0.1) is 5.92 Å². The van der Waals surface area contributed by atoms with Crippen LogP contribution in [0.4, 0.5) is 0 Å². The number of rotatable bonds is 3. The van der Waals surface area contributed by atoms with Crippen molar-refractivity contribution in [3.05, 3.63) is 17.7 Å². The van der Waals surface area contributed by atoms with Gasteiger partial charge in [-0.1, -0.05) is 13.8 Å². The maximum absolute atomic E-state index is 10.6. The Morgan fingerprint density at radius 1 is 1.75 bits per heavy atom. The number of carboxylic acids is 1. The third-order valence-electron chi connectivity index (χ3n) is 1.53. The fourth-order valence-corrected chi connectivity index (χ4v) is 1.07. The van der Waals surface area contributed by atoms with E-state index in [1.54, 1.807) is 0 Å². The Morgan fingerprint density at radius 3 is 2.92 bits per heavy atom. The molecule has 0 atom stereocenters. The van der Waals surface area contributed by atoms with Gasteiger partial charge in [0.15, 0.2) is 5.69 Å². The first-order valence-electron chi connectivity index (χ1n) is 3.86. The summed E-state index contributed by atoms with van der Waals surface area (Å²) in [6.07, 6.45) is 2.14. The summed E-state index contributed by atoms with van der Waals surface area (Å²) in [5.74, 6) is -0.532. The van der Waals surface area contributed by atoms with Gasteiger partial charge in [0.1, 0.15) is 0 Å². The summed E-state index contributed by atoms with van der Waals surface area (Å²) < 4.78 is 0. The van der Waals surface area contributed by atoms with Crippen LogP contribution in [0.2, 0.25) is 0 Å². The number of H-pyrrole nitrogens is 1. The average Bonchev–Trinajstić information content (AvgIpc) is 2.33. The summed E-state index contributed by atoms with van der Waals surface area (Å²) in [4.78, 5) is 17.1. The van der Waals surface area contributed by atoms with E-state index in [1.165, 1.54) is 6.33 Å². The van der Waals surface area contributed by atoms with Gasteiger partial charge >= 0.3 is 5.97 Å². The van der Waals surface area contributed by atoms with E-state index in [1.807, 2.05) is 13.8 Å². The van der Waals surface area contributed by atoms with Gasteiger partial charge in [-0.2, -0.15) is 0 Å². The Labute approximate surface area is 70.6 Å². The van der Waals surface area contributed by atoms with Crippen LogP contribution >= 0.6 is 0 Å². The Bertz CT molecular complexity index is 278. The lowest BCUT2D eigenvalue weighted by atomic mass is 10.1. The summed E-state index contributed by atoms with van der Waals surface area (Å²) >= 11 is 0. The molecule has 4 nitrogen and oxygen atoms in total. The molecule has 0 aromatic carbocycles. The highest BCUT2D eigenvalue weighted by Gasteiger charge is 2.13. The van der Waals surface area contributed by atoms with Crippen LogP contribution < -0.4 is 0 Å². The molecule has 0 amide bonds. The number of carbonyl (C=O) groups is 1. The lowest BCUT2D eigenvalue weighted by Crippen LogP contribution is -2.04. The quantitative estimate of drug-likeness (QED) is 0.715. The SMILES string of the molecule is CC(C)Cc1[nH]cnc1C(=O)O. The van der Waals surface area contributed by atoms with Crippen LogP contribution in [0.1, 0.15) is 30.0 Å². The van der Waals surface area contributed by atoms with Crippen molar-refractivity contribution >= 4 is 5.97 Å². The van der Waals surface area contributed by atoms with Crippen molar-refractivity contribution in [1.82, 2.24) is 9.97 Å². The molecule has 1 aromatic heterocycles. The average molecular weight is 168 g/mol. The number of hydrogen-bond acceptors (Lipinski definition) is 2. The first kappa shape index (κ1) is 8.77. The highest BCUT2D eigenvalue weighted by atomic mass is 16.4. The van der Waals surface area contributed by atoms with Gasteiger partial charge in [0.05, 0.1) is 6.33 Å². The van der Waals surface area contributed by atoms with Crippen LogP contribution in [0.15, 0.2) is 6.33 Å². The lowest BCUT2D eigenvalue weighted by Gasteiger charge is -2.01. The minimum absolute atomic E-state index is 0.142. The van der Waals surface area contributed by atoms with Crippen LogP contribution in [0.3, 0.4) is 0 Å². The van der Waals surface area contributed by atoms with Gasteiger partial charge in [-0.05, 0) is 12.3 Å². The van der Waals surface area contributed by atoms with Crippen molar-refractivity contribution < 1.29 is 9.90 Å². The van der Waals surface area contributed by atoms with Gasteiger partial charge in [0.2, 0.25) is 0 Å². The molecule has 1 rings (SSSR count). The number of aromatic carboxylic acids is 1. The predicted octanol–water partition coefficient (Wildman–Crippen LogP) is 1.31. The highest BCUT2D eigenvalue weighted by Crippen LogP contribution is 2.08. The Balaban J connectivity index is 2.84. The van der Waals surface area contributed by atoms with E-state index in [0.717, 1.165) is 6.42 Å². The van der Waals surface area contributed by atoms with E-state index < -0.39 is 5.97 Å². The number of aromatic nitrogens is 2. The number of nitrogens with zero attached hydrogens (tertiary/aromatic N) is 1. The highest BCUT2D eigenvalue weighted by molar-refractivity contribution is 5.86. The van der Waals surface area contributed by atoms with Crippen LogP contribution in [-0.4, -0.2) is 21.0 Å². The molecule has 2 N–H and O–H groups in total. The van der Waals surface area contributed by atoms with E-state index in [2.05, 4.69) is 9.97 Å². The molecule has 12 heavy (non-hydrogen) atoms. The zero-order valence-corrected chi connectivity index (χ0v) is 7.16. The topological polar surface area (TPSA) is 66.0 Å². The van der Waals surface area contributed by atoms with E-state index >= 15 is 0 Å². The Kier molecular flexibility index (Phi) is 2.47. The molecule has 0 aliphatic rings. The zero-order chi connectivity index (χ0) is 9.14. The van der Waals surface area contributed by atoms with Gasteiger partial charge in [-0.15, -0.1) is 0 Å². The molecule has 0 saturated heterocycles. The summed E-state index contributed by atoms with van der Waals surface area (Å²) in [7, 11) is 0. The van der Waals surface area contributed by atoms with Crippen LogP contribution in [-0.2, 0) is 6.42 Å². The second kappa shape index (κ2) is 3.38. The van der Waals surface area contributed by atoms with Crippen molar-refractivity contribution in [2.24, 2.45) is 5.92 Å². The van der Waals surface area contributed by atoms with Gasteiger partial charge in [0.25, 0.3) is 0 Å². The third-order valence-corrected chi connectivity index (χ3v) is 1.53. The van der Waals surface area contributed by atoms with Crippen molar-refractivity contribution in [3.8, 4) is 0 Å².